The van der Waals surface area contributed by atoms with Crippen LogP contribution in [0.15, 0.2) is 29.4 Å². The Hall–Kier alpha value is -1.91. The van der Waals surface area contributed by atoms with Crippen molar-refractivity contribution in [2.75, 3.05) is 0 Å². The van der Waals surface area contributed by atoms with Gasteiger partial charge in [0.1, 0.15) is 5.82 Å². The zero-order valence-corrected chi connectivity index (χ0v) is 7.40. The molecule has 0 aliphatic carbocycles. The molecule has 0 unspecified atom stereocenters. The van der Waals surface area contributed by atoms with Crippen LogP contribution in [-0.4, -0.2) is 12.2 Å². The molecule has 0 saturated heterocycles. The van der Waals surface area contributed by atoms with E-state index in [4.69, 9.17) is 5.73 Å². The van der Waals surface area contributed by atoms with E-state index in [-0.39, 0.29) is 5.82 Å². The number of primary amides is 1. The number of amides is 2. The maximum atomic E-state index is 12.5. The van der Waals surface area contributed by atoms with E-state index in [9.17, 15) is 9.18 Å². The third kappa shape index (κ3) is 3.66. The van der Waals surface area contributed by atoms with Crippen molar-refractivity contribution in [2.24, 2.45) is 10.8 Å². The van der Waals surface area contributed by atoms with Crippen LogP contribution in [0.4, 0.5) is 9.18 Å². The van der Waals surface area contributed by atoms with Crippen LogP contribution in [0, 0.1) is 5.82 Å². The van der Waals surface area contributed by atoms with Gasteiger partial charge in [-0.3, -0.25) is 0 Å². The second-order valence-electron chi connectivity index (χ2n) is 2.62. The van der Waals surface area contributed by atoms with Crippen molar-refractivity contribution in [1.29, 1.82) is 0 Å². The van der Waals surface area contributed by atoms with E-state index in [0.29, 0.717) is 6.42 Å². The molecule has 14 heavy (non-hydrogen) atoms. The number of hydrogen-bond acceptors (Lipinski definition) is 2. The van der Waals surface area contributed by atoms with Gasteiger partial charge in [0.15, 0.2) is 0 Å². The number of nitrogens with two attached hydrogens (primary N) is 1. The van der Waals surface area contributed by atoms with Gasteiger partial charge in [0, 0.05) is 12.6 Å². The van der Waals surface area contributed by atoms with E-state index in [1.807, 2.05) is 0 Å². The molecule has 1 aromatic rings. The molecule has 5 heteroatoms. The van der Waals surface area contributed by atoms with E-state index in [2.05, 4.69) is 10.5 Å². The van der Waals surface area contributed by atoms with Gasteiger partial charge < -0.3 is 5.73 Å². The van der Waals surface area contributed by atoms with Crippen LogP contribution in [0.25, 0.3) is 0 Å². The Morgan fingerprint density at radius 1 is 1.50 bits per heavy atom. The van der Waals surface area contributed by atoms with Crippen molar-refractivity contribution in [3.05, 3.63) is 35.6 Å². The van der Waals surface area contributed by atoms with Crippen molar-refractivity contribution >= 4 is 12.2 Å². The Balaban J connectivity index is 2.42. The van der Waals surface area contributed by atoms with Gasteiger partial charge in [-0.1, -0.05) is 12.1 Å². The Bertz CT molecular complexity index is 334. The topological polar surface area (TPSA) is 67.5 Å². The highest BCUT2D eigenvalue weighted by atomic mass is 19.1. The van der Waals surface area contributed by atoms with Gasteiger partial charge in [0.2, 0.25) is 0 Å². The predicted molar refractivity (Wildman–Crippen MR) is 51.3 cm³/mol. The molecule has 1 aromatic carbocycles. The second kappa shape index (κ2) is 4.96. The van der Waals surface area contributed by atoms with Crippen LogP contribution in [0.2, 0.25) is 0 Å². The minimum absolute atomic E-state index is 0.277. The molecule has 0 bridgehead atoms. The third-order valence-corrected chi connectivity index (χ3v) is 1.51. The van der Waals surface area contributed by atoms with Gasteiger partial charge in [-0.05, 0) is 17.7 Å². The van der Waals surface area contributed by atoms with Crippen LogP contribution < -0.4 is 11.2 Å². The molecule has 1 rings (SSSR count). The van der Waals surface area contributed by atoms with E-state index in [1.165, 1.54) is 18.3 Å². The summed E-state index contributed by atoms with van der Waals surface area (Å²) in [5.41, 5.74) is 7.74. The van der Waals surface area contributed by atoms with Crippen LogP contribution in [0.5, 0.6) is 0 Å². The Labute approximate surface area is 80.6 Å². The number of nitrogens with zero attached hydrogens (tertiary/aromatic N) is 1. The highest BCUT2D eigenvalue weighted by molar-refractivity contribution is 5.73. The fraction of sp³-hybridized carbons (Fsp3) is 0.111. The van der Waals surface area contributed by atoms with Gasteiger partial charge in [0.05, 0.1) is 0 Å². The molecule has 3 N–H and O–H groups in total. The number of urea groups is 1. The number of benzene rings is 1. The molecule has 0 radical (unpaired) electrons. The fourth-order valence-electron chi connectivity index (χ4n) is 0.881. The second-order valence-corrected chi connectivity index (χ2v) is 2.62. The predicted octanol–water partition coefficient (Wildman–Crippen LogP) is 1.02. The molecule has 0 aromatic heterocycles. The quantitative estimate of drug-likeness (QED) is 0.548. The summed E-state index contributed by atoms with van der Waals surface area (Å²) in [6, 6.07) is 5.31. The van der Waals surface area contributed by atoms with E-state index in [0.717, 1.165) is 5.56 Å². The zero-order valence-electron chi connectivity index (χ0n) is 7.40. The minimum Gasteiger partial charge on any atom is -0.350 e. The van der Waals surface area contributed by atoms with Gasteiger partial charge in [0.25, 0.3) is 0 Å². The average molecular weight is 195 g/mol. The normalized spacial score (nSPS) is 10.4. The monoisotopic (exact) mass is 195 g/mol. The number of carbonyl (C=O) groups is 1. The first-order valence-corrected chi connectivity index (χ1v) is 4.00. The molecule has 74 valence electrons. The number of halogens is 1. The highest BCUT2D eigenvalue weighted by Crippen LogP contribution is 2.01. The lowest BCUT2D eigenvalue weighted by molar-refractivity contribution is 0.249. The van der Waals surface area contributed by atoms with Gasteiger partial charge in [-0.15, -0.1) is 0 Å². The summed E-state index contributed by atoms with van der Waals surface area (Å²) in [7, 11) is 0. The molecule has 0 aliphatic rings. The standard InChI is InChI=1S/C9H10FN3O/c10-8-3-1-7(2-4-8)5-6-12-13-9(11)14/h1-4,6H,5H2,(H3,11,13,14)/b12-6+. The van der Waals surface area contributed by atoms with Gasteiger partial charge >= 0.3 is 6.03 Å². The first kappa shape index (κ1) is 10.2. The van der Waals surface area contributed by atoms with E-state index < -0.39 is 6.03 Å². The molecule has 0 atom stereocenters. The molecule has 0 heterocycles. The summed E-state index contributed by atoms with van der Waals surface area (Å²) in [5.74, 6) is -0.277. The van der Waals surface area contributed by atoms with Crippen molar-refractivity contribution in [2.45, 2.75) is 6.42 Å². The summed E-state index contributed by atoms with van der Waals surface area (Å²) in [5, 5.41) is 3.55. The van der Waals surface area contributed by atoms with E-state index in [1.54, 1.807) is 12.1 Å². The number of rotatable bonds is 3. The molecule has 0 aliphatic heterocycles. The fourth-order valence-corrected chi connectivity index (χ4v) is 0.881. The minimum atomic E-state index is -0.708. The smallest absolute Gasteiger partial charge is 0.332 e. The van der Waals surface area contributed by atoms with Crippen molar-refractivity contribution < 1.29 is 9.18 Å². The SMILES string of the molecule is NC(=O)N/N=C/Cc1ccc(F)cc1. The largest absolute Gasteiger partial charge is 0.350 e. The van der Waals surface area contributed by atoms with E-state index >= 15 is 0 Å². The maximum Gasteiger partial charge on any atom is 0.332 e. The molecule has 4 nitrogen and oxygen atoms in total. The maximum absolute atomic E-state index is 12.5. The molecule has 0 fully saturated rings. The third-order valence-electron chi connectivity index (χ3n) is 1.51. The summed E-state index contributed by atoms with van der Waals surface area (Å²) in [6.07, 6.45) is 2.00. The molecule has 2 amide bonds. The zero-order chi connectivity index (χ0) is 10.4. The van der Waals surface area contributed by atoms with Crippen LogP contribution in [-0.2, 0) is 6.42 Å². The van der Waals surface area contributed by atoms with Gasteiger partial charge in [-0.25, -0.2) is 14.6 Å². The lowest BCUT2D eigenvalue weighted by Crippen LogP contribution is -2.24. The Morgan fingerprint density at radius 2 is 2.14 bits per heavy atom. The lowest BCUT2D eigenvalue weighted by Gasteiger charge is -1.95. The van der Waals surface area contributed by atoms with Crippen LogP contribution in [0.3, 0.4) is 0 Å². The highest BCUT2D eigenvalue weighted by Gasteiger charge is 1.91. The Morgan fingerprint density at radius 3 is 2.71 bits per heavy atom. The summed E-state index contributed by atoms with van der Waals surface area (Å²) in [6.45, 7) is 0. The molecular weight excluding hydrogens is 185 g/mol. The Kier molecular flexibility index (Phi) is 3.60. The number of nitrogens with one attached hydrogen (secondary N) is 1. The van der Waals surface area contributed by atoms with Crippen LogP contribution in [0.1, 0.15) is 5.56 Å². The molecule has 0 spiro atoms. The van der Waals surface area contributed by atoms with Crippen molar-refractivity contribution in [3.8, 4) is 0 Å². The van der Waals surface area contributed by atoms with Gasteiger partial charge in [-0.2, -0.15) is 5.10 Å². The summed E-state index contributed by atoms with van der Waals surface area (Å²) in [4.78, 5) is 10.2. The molecule has 0 saturated carbocycles. The lowest BCUT2D eigenvalue weighted by atomic mass is 10.2. The summed E-state index contributed by atoms with van der Waals surface area (Å²) < 4.78 is 12.5. The average Bonchev–Trinajstić information content (AvgIpc) is 2.15. The molecular formula is C9H10FN3O. The first-order chi connectivity index (χ1) is 6.68. The van der Waals surface area contributed by atoms with Crippen molar-refractivity contribution in [1.82, 2.24) is 5.43 Å². The van der Waals surface area contributed by atoms with Crippen molar-refractivity contribution in [3.63, 3.8) is 0 Å². The number of hydrazone groups is 1. The number of carbonyl (C=O) groups excluding carboxylic acids is 1. The number of hydrogen-bond donors (Lipinski definition) is 2. The summed E-state index contributed by atoms with van der Waals surface area (Å²) >= 11 is 0. The van der Waals surface area contributed by atoms with Crippen LogP contribution >= 0.6 is 0 Å². The first-order valence-electron chi connectivity index (χ1n) is 4.00.